The van der Waals surface area contributed by atoms with Gasteiger partial charge in [-0.05, 0) is 73.1 Å². The van der Waals surface area contributed by atoms with E-state index in [-0.39, 0.29) is 5.91 Å². The van der Waals surface area contributed by atoms with Gasteiger partial charge in [0.25, 0.3) is 5.91 Å². The highest BCUT2D eigenvalue weighted by atomic mass is 79.9. The molecule has 0 saturated carbocycles. The molecule has 1 N–H and O–H groups in total. The molecule has 2 aromatic heterocycles. The van der Waals surface area contributed by atoms with Gasteiger partial charge in [-0.25, -0.2) is 0 Å². The summed E-state index contributed by atoms with van der Waals surface area (Å²) < 4.78 is 6.28. The van der Waals surface area contributed by atoms with Gasteiger partial charge in [0.05, 0.1) is 10.0 Å². The summed E-state index contributed by atoms with van der Waals surface area (Å²) in [5, 5.41) is 5.21. The molecule has 3 heterocycles. The Morgan fingerprint density at radius 3 is 2.71 bits per heavy atom. The summed E-state index contributed by atoms with van der Waals surface area (Å²) in [4.78, 5) is 16.3. The number of amides is 1. The zero-order valence-electron chi connectivity index (χ0n) is 14.1. The van der Waals surface area contributed by atoms with Gasteiger partial charge in [0, 0.05) is 18.0 Å². The molecule has 0 spiro atoms. The number of carbonyl (C=O) groups is 1. The van der Waals surface area contributed by atoms with Gasteiger partial charge < -0.3 is 9.73 Å². The van der Waals surface area contributed by atoms with E-state index in [2.05, 4.69) is 43.7 Å². The van der Waals surface area contributed by atoms with Gasteiger partial charge in [0.2, 0.25) is 0 Å². The van der Waals surface area contributed by atoms with Gasteiger partial charge in [0.1, 0.15) is 11.5 Å². The number of furan rings is 1. The number of hydrogen-bond acceptors (Lipinski definition) is 4. The lowest BCUT2D eigenvalue weighted by Crippen LogP contribution is -2.38. The van der Waals surface area contributed by atoms with Crippen molar-refractivity contribution in [3.63, 3.8) is 0 Å². The van der Waals surface area contributed by atoms with Crippen LogP contribution in [0.4, 0.5) is 0 Å². The average Bonchev–Trinajstić information content (AvgIpc) is 3.15. The molecule has 0 atom stereocenters. The predicted molar refractivity (Wildman–Crippen MR) is 101 cm³/mol. The summed E-state index contributed by atoms with van der Waals surface area (Å²) in [6.45, 7) is 7.68. The van der Waals surface area contributed by atoms with Crippen molar-refractivity contribution < 1.29 is 9.21 Å². The number of halogens is 1. The monoisotopic (exact) mass is 410 g/mol. The molecule has 1 amide bonds. The van der Waals surface area contributed by atoms with Crippen molar-refractivity contribution >= 4 is 33.2 Å². The summed E-state index contributed by atoms with van der Waals surface area (Å²) in [7, 11) is 0. The molecular weight excluding hydrogens is 388 g/mol. The maximum Gasteiger partial charge on any atom is 0.256 e. The van der Waals surface area contributed by atoms with Crippen molar-refractivity contribution in [1.29, 1.82) is 0 Å². The average molecular weight is 411 g/mol. The Hall–Kier alpha value is -1.11. The fourth-order valence-electron chi connectivity index (χ4n) is 3.21. The normalized spacial score (nSPS) is 16.5. The van der Waals surface area contributed by atoms with Crippen LogP contribution < -0.4 is 5.32 Å². The SMILES string of the molecule is Cc1oc(C)c(C(=O)NCC2CCN(Cc3cccs3)CC2)c1Br. The minimum atomic E-state index is -0.0442. The molecule has 2 aromatic rings. The molecule has 3 rings (SSSR count). The Morgan fingerprint density at radius 2 is 2.12 bits per heavy atom. The van der Waals surface area contributed by atoms with E-state index in [9.17, 15) is 4.79 Å². The van der Waals surface area contributed by atoms with Crippen molar-refractivity contribution in [3.05, 3.63) is 43.9 Å². The fourth-order valence-corrected chi connectivity index (χ4v) is 4.50. The van der Waals surface area contributed by atoms with Crippen LogP contribution in [0.5, 0.6) is 0 Å². The molecule has 0 unspecified atom stereocenters. The number of piperidine rings is 1. The number of likely N-dealkylation sites (tertiary alicyclic amines) is 1. The van der Waals surface area contributed by atoms with Crippen LogP contribution in [-0.4, -0.2) is 30.4 Å². The van der Waals surface area contributed by atoms with Crippen molar-refractivity contribution in [2.24, 2.45) is 5.92 Å². The largest absolute Gasteiger partial charge is 0.465 e. The summed E-state index contributed by atoms with van der Waals surface area (Å²) in [6, 6.07) is 4.31. The second-order valence-electron chi connectivity index (χ2n) is 6.41. The van der Waals surface area contributed by atoms with Gasteiger partial charge in [-0.15, -0.1) is 11.3 Å². The second-order valence-corrected chi connectivity index (χ2v) is 8.24. The van der Waals surface area contributed by atoms with E-state index in [1.807, 2.05) is 25.2 Å². The molecule has 0 bridgehead atoms. The first-order valence-electron chi connectivity index (χ1n) is 8.33. The number of rotatable bonds is 5. The lowest BCUT2D eigenvalue weighted by Gasteiger charge is -2.31. The molecule has 0 radical (unpaired) electrons. The molecule has 6 heteroatoms. The molecule has 1 fully saturated rings. The second kappa shape index (κ2) is 7.85. The number of hydrogen-bond donors (Lipinski definition) is 1. The first kappa shape index (κ1) is 17.7. The van der Waals surface area contributed by atoms with E-state index in [1.165, 1.54) is 4.88 Å². The number of carbonyl (C=O) groups excluding carboxylic acids is 1. The molecule has 0 aromatic carbocycles. The third kappa shape index (κ3) is 4.10. The Labute approximate surface area is 155 Å². The van der Waals surface area contributed by atoms with Crippen LogP contribution in [0.25, 0.3) is 0 Å². The lowest BCUT2D eigenvalue weighted by atomic mass is 9.96. The van der Waals surface area contributed by atoms with E-state index in [0.717, 1.165) is 49.3 Å². The maximum absolute atomic E-state index is 12.4. The van der Waals surface area contributed by atoms with Crippen molar-refractivity contribution in [3.8, 4) is 0 Å². The highest BCUT2D eigenvalue weighted by Gasteiger charge is 2.23. The molecule has 1 aliphatic heterocycles. The number of nitrogens with zero attached hydrogens (tertiary/aromatic N) is 1. The van der Waals surface area contributed by atoms with Gasteiger partial charge >= 0.3 is 0 Å². The van der Waals surface area contributed by atoms with Gasteiger partial charge in [-0.1, -0.05) is 6.07 Å². The van der Waals surface area contributed by atoms with Crippen LogP contribution in [0.1, 0.15) is 39.6 Å². The Bertz CT molecular complexity index is 688. The predicted octanol–water partition coefficient (Wildman–Crippen LogP) is 4.36. The summed E-state index contributed by atoms with van der Waals surface area (Å²) in [5.41, 5.74) is 0.627. The fraction of sp³-hybridized carbons (Fsp3) is 0.500. The highest BCUT2D eigenvalue weighted by molar-refractivity contribution is 9.10. The smallest absolute Gasteiger partial charge is 0.256 e. The van der Waals surface area contributed by atoms with Crippen molar-refractivity contribution in [2.45, 2.75) is 33.2 Å². The Balaban J connectivity index is 1.45. The molecule has 1 saturated heterocycles. The van der Waals surface area contributed by atoms with E-state index in [1.54, 1.807) is 0 Å². The number of nitrogens with one attached hydrogen (secondary N) is 1. The quantitative estimate of drug-likeness (QED) is 0.795. The molecule has 0 aliphatic carbocycles. The van der Waals surface area contributed by atoms with Crippen LogP contribution in [0.15, 0.2) is 26.4 Å². The first-order chi connectivity index (χ1) is 11.5. The van der Waals surface area contributed by atoms with Crippen molar-refractivity contribution in [2.75, 3.05) is 19.6 Å². The van der Waals surface area contributed by atoms with Crippen LogP contribution in [-0.2, 0) is 6.54 Å². The third-order valence-corrected chi connectivity index (χ3v) is 6.45. The van der Waals surface area contributed by atoms with Crippen LogP contribution >= 0.6 is 27.3 Å². The lowest BCUT2D eigenvalue weighted by molar-refractivity contribution is 0.0933. The van der Waals surface area contributed by atoms with E-state index in [0.29, 0.717) is 17.2 Å². The summed E-state index contributed by atoms with van der Waals surface area (Å²) in [6.07, 6.45) is 2.27. The molecule has 4 nitrogen and oxygen atoms in total. The first-order valence-corrected chi connectivity index (χ1v) is 10.00. The molecule has 130 valence electrons. The number of aryl methyl sites for hydroxylation is 2. The van der Waals surface area contributed by atoms with Gasteiger partial charge in [0.15, 0.2) is 0 Å². The van der Waals surface area contributed by atoms with E-state index in [4.69, 9.17) is 4.42 Å². The van der Waals surface area contributed by atoms with Crippen LogP contribution in [0.3, 0.4) is 0 Å². The topological polar surface area (TPSA) is 45.5 Å². The zero-order valence-corrected chi connectivity index (χ0v) is 16.5. The van der Waals surface area contributed by atoms with E-state index < -0.39 is 0 Å². The minimum absolute atomic E-state index is 0.0442. The van der Waals surface area contributed by atoms with Crippen LogP contribution in [0, 0.1) is 19.8 Å². The Kier molecular flexibility index (Phi) is 5.79. The highest BCUT2D eigenvalue weighted by Crippen LogP contribution is 2.27. The third-order valence-electron chi connectivity index (χ3n) is 4.63. The van der Waals surface area contributed by atoms with E-state index >= 15 is 0 Å². The molecule has 24 heavy (non-hydrogen) atoms. The van der Waals surface area contributed by atoms with Crippen LogP contribution in [0.2, 0.25) is 0 Å². The maximum atomic E-state index is 12.4. The Morgan fingerprint density at radius 1 is 1.38 bits per heavy atom. The number of thiophene rings is 1. The summed E-state index contributed by atoms with van der Waals surface area (Å²) >= 11 is 5.27. The molecule has 1 aliphatic rings. The molecular formula is C18H23BrN2O2S. The van der Waals surface area contributed by atoms with Gasteiger partial charge in [-0.2, -0.15) is 0 Å². The summed E-state index contributed by atoms with van der Waals surface area (Å²) in [5.74, 6) is 1.93. The minimum Gasteiger partial charge on any atom is -0.465 e. The standard InChI is InChI=1S/C18H23BrN2O2S/c1-12-16(17(19)13(2)23-12)18(22)20-10-14-5-7-21(8-6-14)11-15-4-3-9-24-15/h3-4,9,14H,5-8,10-11H2,1-2H3,(H,20,22). The van der Waals surface area contributed by atoms with Crippen molar-refractivity contribution in [1.82, 2.24) is 10.2 Å². The van der Waals surface area contributed by atoms with Gasteiger partial charge in [-0.3, -0.25) is 9.69 Å². The zero-order chi connectivity index (χ0) is 17.1.